The molecule has 0 saturated carbocycles. The van der Waals surface area contributed by atoms with Gasteiger partial charge in [0.1, 0.15) is 0 Å². The number of nitrogens with two attached hydrogens (primary N) is 1. The lowest BCUT2D eigenvalue weighted by molar-refractivity contribution is 0.908. The maximum Gasteiger partial charge on any atom is 0.0932 e. The Morgan fingerprint density at radius 3 is 2.75 bits per heavy atom. The van der Waals surface area contributed by atoms with E-state index in [4.69, 9.17) is 17.3 Å². The Labute approximate surface area is 104 Å². The molecule has 0 aliphatic rings. The van der Waals surface area contributed by atoms with Gasteiger partial charge in [0.2, 0.25) is 0 Å². The Morgan fingerprint density at radius 2 is 2.12 bits per heavy atom. The van der Waals surface area contributed by atoms with E-state index in [0.717, 1.165) is 15.7 Å². The molecule has 1 aromatic carbocycles. The highest BCUT2D eigenvalue weighted by Gasteiger charge is 2.07. The van der Waals surface area contributed by atoms with Gasteiger partial charge in [-0.15, -0.1) is 11.3 Å². The Balaban J connectivity index is 2.10. The molecule has 3 N–H and O–H groups in total. The summed E-state index contributed by atoms with van der Waals surface area (Å²) >= 11 is 7.49. The second-order valence-corrected chi connectivity index (χ2v) is 5.38. The van der Waals surface area contributed by atoms with Gasteiger partial charge in [0.05, 0.1) is 10.4 Å². The molecule has 2 nitrogen and oxygen atoms in total. The lowest BCUT2D eigenvalue weighted by Gasteiger charge is -2.13. The molecule has 1 heterocycles. The van der Waals surface area contributed by atoms with Crippen molar-refractivity contribution in [2.24, 2.45) is 0 Å². The van der Waals surface area contributed by atoms with E-state index in [1.165, 1.54) is 4.88 Å². The van der Waals surface area contributed by atoms with Crippen LogP contribution in [0.2, 0.25) is 4.34 Å². The number of anilines is 2. The van der Waals surface area contributed by atoms with Crippen molar-refractivity contribution in [2.75, 3.05) is 11.1 Å². The Kier molecular flexibility index (Phi) is 3.36. The van der Waals surface area contributed by atoms with Gasteiger partial charge in [-0.05, 0) is 37.3 Å². The summed E-state index contributed by atoms with van der Waals surface area (Å²) in [4.78, 5) is 1.22. The number of hydrogen-bond acceptors (Lipinski definition) is 3. The van der Waals surface area contributed by atoms with Crippen LogP contribution in [0.1, 0.15) is 17.8 Å². The van der Waals surface area contributed by atoms with Crippen molar-refractivity contribution in [2.45, 2.75) is 13.0 Å². The van der Waals surface area contributed by atoms with Gasteiger partial charge >= 0.3 is 0 Å². The van der Waals surface area contributed by atoms with Gasteiger partial charge in [-0.3, -0.25) is 0 Å². The van der Waals surface area contributed by atoms with Crippen LogP contribution >= 0.6 is 22.9 Å². The van der Waals surface area contributed by atoms with Gasteiger partial charge in [-0.1, -0.05) is 17.7 Å². The summed E-state index contributed by atoms with van der Waals surface area (Å²) in [6.45, 7) is 2.10. The van der Waals surface area contributed by atoms with E-state index in [-0.39, 0.29) is 6.04 Å². The average molecular weight is 253 g/mol. The van der Waals surface area contributed by atoms with Crippen molar-refractivity contribution in [3.8, 4) is 0 Å². The molecule has 0 fully saturated rings. The molecule has 0 aliphatic carbocycles. The molecular formula is C12H13ClN2S. The highest BCUT2D eigenvalue weighted by Crippen LogP contribution is 2.29. The summed E-state index contributed by atoms with van der Waals surface area (Å²) < 4.78 is 0.816. The second-order valence-electron chi connectivity index (χ2n) is 3.63. The Morgan fingerprint density at radius 1 is 1.31 bits per heavy atom. The van der Waals surface area contributed by atoms with E-state index < -0.39 is 0 Å². The fourth-order valence-electron chi connectivity index (χ4n) is 1.51. The smallest absolute Gasteiger partial charge is 0.0932 e. The third kappa shape index (κ3) is 2.68. The van der Waals surface area contributed by atoms with Gasteiger partial charge in [0.15, 0.2) is 0 Å². The Hall–Kier alpha value is -1.19. The van der Waals surface area contributed by atoms with Crippen molar-refractivity contribution in [1.82, 2.24) is 0 Å². The molecule has 0 amide bonds. The number of benzene rings is 1. The standard InChI is InChI=1S/C12H13ClN2S/c1-8(11-5-6-12(13)16-11)15-10-4-2-3-9(14)7-10/h2-8,15H,14H2,1H3. The fraction of sp³-hybridized carbons (Fsp3) is 0.167. The van der Waals surface area contributed by atoms with Crippen molar-refractivity contribution < 1.29 is 0 Å². The minimum Gasteiger partial charge on any atom is -0.399 e. The summed E-state index contributed by atoms with van der Waals surface area (Å²) in [5.74, 6) is 0. The van der Waals surface area contributed by atoms with Gasteiger partial charge in [0, 0.05) is 16.3 Å². The van der Waals surface area contributed by atoms with Crippen LogP contribution in [0.25, 0.3) is 0 Å². The minimum atomic E-state index is 0.235. The van der Waals surface area contributed by atoms with Crippen LogP contribution in [-0.4, -0.2) is 0 Å². The maximum atomic E-state index is 5.90. The Bertz CT molecular complexity index is 481. The molecule has 0 radical (unpaired) electrons. The third-order valence-corrected chi connectivity index (χ3v) is 3.70. The van der Waals surface area contributed by atoms with Crippen LogP contribution in [0.3, 0.4) is 0 Å². The van der Waals surface area contributed by atoms with E-state index in [1.54, 1.807) is 11.3 Å². The molecule has 1 atom stereocenters. The highest BCUT2D eigenvalue weighted by molar-refractivity contribution is 7.16. The fourth-order valence-corrected chi connectivity index (χ4v) is 2.57. The largest absolute Gasteiger partial charge is 0.399 e. The molecular weight excluding hydrogens is 240 g/mol. The zero-order chi connectivity index (χ0) is 11.5. The van der Waals surface area contributed by atoms with Crippen LogP contribution in [0.15, 0.2) is 36.4 Å². The van der Waals surface area contributed by atoms with E-state index in [2.05, 4.69) is 12.2 Å². The molecule has 2 aromatic rings. The van der Waals surface area contributed by atoms with E-state index in [0.29, 0.717) is 0 Å². The predicted molar refractivity (Wildman–Crippen MR) is 72.2 cm³/mol. The minimum absolute atomic E-state index is 0.235. The number of rotatable bonds is 3. The summed E-state index contributed by atoms with van der Waals surface area (Å²) in [6.07, 6.45) is 0. The molecule has 1 aromatic heterocycles. The first kappa shape index (κ1) is 11.3. The summed E-state index contributed by atoms with van der Waals surface area (Å²) in [5.41, 5.74) is 7.51. The number of halogens is 1. The average Bonchev–Trinajstić information content (AvgIpc) is 2.65. The van der Waals surface area contributed by atoms with Gasteiger partial charge in [0.25, 0.3) is 0 Å². The van der Waals surface area contributed by atoms with Crippen LogP contribution in [0, 0.1) is 0 Å². The van der Waals surface area contributed by atoms with Crippen molar-refractivity contribution >= 4 is 34.3 Å². The molecule has 16 heavy (non-hydrogen) atoms. The van der Waals surface area contributed by atoms with Crippen LogP contribution < -0.4 is 11.1 Å². The maximum absolute atomic E-state index is 5.90. The SMILES string of the molecule is CC(Nc1cccc(N)c1)c1ccc(Cl)s1. The molecule has 2 rings (SSSR count). The van der Waals surface area contributed by atoms with Gasteiger partial charge in [-0.2, -0.15) is 0 Å². The summed E-state index contributed by atoms with van der Waals surface area (Å²) in [5, 5.41) is 3.38. The van der Waals surface area contributed by atoms with Crippen molar-refractivity contribution in [3.63, 3.8) is 0 Å². The van der Waals surface area contributed by atoms with Crippen LogP contribution in [-0.2, 0) is 0 Å². The van der Waals surface area contributed by atoms with Crippen molar-refractivity contribution in [1.29, 1.82) is 0 Å². The molecule has 84 valence electrons. The molecule has 0 aliphatic heterocycles. The zero-order valence-corrected chi connectivity index (χ0v) is 10.5. The predicted octanol–water partition coefficient (Wildman–Crippen LogP) is 4.16. The molecule has 1 unspecified atom stereocenters. The highest BCUT2D eigenvalue weighted by atomic mass is 35.5. The lowest BCUT2D eigenvalue weighted by Crippen LogP contribution is -2.04. The van der Waals surface area contributed by atoms with Crippen LogP contribution in [0.5, 0.6) is 0 Å². The number of nitrogen functional groups attached to an aromatic ring is 1. The topological polar surface area (TPSA) is 38.0 Å². The summed E-state index contributed by atoms with van der Waals surface area (Å²) in [7, 11) is 0. The van der Waals surface area contributed by atoms with Gasteiger partial charge < -0.3 is 11.1 Å². The molecule has 4 heteroatoms. The van der Waals surface area contributed by atoms with E-state index in [1.807, 2.05) is 36.4 Å². The quantitative estimate of drug-likeness (QED) is 0.805. The molecule has 0 spiro atoms. The number of nitrogens with one attached hydrogen (secondary N) is 1. The lowest BCUT2D eigenvalue weighted by atomic mass is 10.2. The van der Waals surface area contributed by atoms with Gasteiger partial charge in [-0.25, -0.2) is 0 Å². The first-order chi connectivity index (χ1) is 7.65. The normalized spacial score (nSPS) is 12.4. The molecule has 0 saturated heterocycles. The van der Waals surface area contributed by atoms with Crippen LogP contribution in [0.4, 0.5) is 11.4 Å². The molecule has 0 bridgehead atoms. The second kappa shape index (κ2) is 4.76. The number of hydrogen-bond donors (Lipinski definition) is 2. The number of thiophene rings is 1. The first-order valence-electron chi connectivity index (χ1n) is 5.02. The monoisotopic (exact) mass is 252 g/mol. The zero-order valence-electron chi connectivity index (χ0n) is 8.91. The first-order valence-corrected chi connectivity index (χ1v) is 6.22. The summed E-state index contributed by atoms with van der Waals surface area (Å²) in [6, 6.07) is 11.9. The van der Waals surface area contributed by atoms with Crippen molar-refractivity contribution in [3.05, 3.63) is 45.6 Å². The van der Waals surface area contributed by atoms with E-state index in [9.17, 15) is 0 Å². The third-order valence-electron chi connectivity index (χ3n) is 2.29. The van der Waals surface area contributed by atoms with E-state index >= 15 is 0 Å².